The summed E-state index contributed by atoms with van der Waals surface area (Å²) in [6, 6.07) is 9.54. The van der Waals surface area contributed by atoms with Crippen LogP contribution in [0.15, 0.2) is 47.6 Å². The van der Waals surface area contributed by atoms with Crippen LogP contribution in [-0.4, -0.2) is 41.3 Å². The van der Waals surface area contributed by atoms with Gasteiger partial charge < -0.3 is 4.90 Å². The van der Waals surface area contributed by atoms with E-state index in [1.165, 1.54) is 29.7 Å². The molecule has 6 rings (SSSR count). The number of piperidine rings is 1. The minimum absolute atomic E-state index is 0. The molecule has 0 N–H and O–H groups in total. The third-order valence-electron chi connectivity index (χ3n) is 7.39. The molecule has 2 bridgehead atoms. The number of fused-ring (bicyclic) bond motifs is 4. The molecule has 26 heavy (non-hydrogen) atoms. The number of rotatable bonds is 1. The number of hydrogen-bond acceptors (Lipinski definition) is 2. The van der Waals surface area contributed by atoms with E-state index < -0.39 is 0 Å². The Morgan fingerprint density at radius 2 is 2.15 bits per heavy atom. The molecule has 4 atom stereocenters. The third-order valence-corrected chi connectivity index (χ3v) is 7.71. The van der Waals surface area contributed by atoms with Crippen LogP contribution in [0.2, 0.25) is 0 Å². The summed E-state index contributed by atoms with van der Waals surface area (Å²) in [6.45, 7) is 2.25. The van der Waals surface area contributed by atoms with Crippen LogP contribution >= 0.6 is 32.9 Å². The van der Waals surface area contributed by atoms with Crippen molar-refractivity contribution < 1.29 is 4.79 Å². The molecule has 2 saturated heterocycles. The first-order chi connectivity index (χ1) is 12.3. The lowest BCUT2D eigenvalue weighted by molar-refractivity contribution is -0.118. The van der Waals surface area contributed by atoms with E-state index in [1.807, 2.05) is 0 Å². The van der Waals surface area contributed by atoms with Gasteiger partial charge in [-0.1, -0.05) is 51.9 Å². The van der Waals surface area contributed by atoms with Gasteiger partial charge in [-0.3, -0.25) is 9.69 Å². The van der Waals surface area contributed by atoms with Crippen molar-refractivity contribution in [3.05, 3.63) is 53.1 Å². The molecule has 136 valence electrons. The number of nitrogens with zero attached hydrogens (tertiary/aromatic N) is 2. The van der Waals surface area contributed by atoms with Gasteiger partial charge in [0.05, 0.1) is 6.04 Å². The maximum atomic E-state index is 12.9. The molecule has 1 aromatic rings. The van der Waals surface area contributed by atoms with Gasteiger partial charge in [-0.25, -0.2) is 0 Å². The SMILES string of the molecule is Br.O=C1CC=C2C3CC4N(CCC45c4ccccc4N1C25)C/C3=C\CBr. The standard InChI is InChI=1S/C21H21BrN2O.BrH/c22-9-7-13-12-23-10-8-21-16-3-1-2-4-17(16)24-19(25)6-5-14(20(21)24)15(13)11-18(21)23;/h1-5,7,15,18,20H,6,8-12H2;1H/b13-7+;. The normalized spacial score (nSPS) is 38.0. The Hall–Kier alpha value is -0.910. The van der Waals surface area contributed by atoms with E-state index in [0.717, 1.165) is 18.4 Å². The number of alkyl halides is 1. The first kappa shape index (κ1) is 17.2. The highest BCUT2D eigenvalue weighted by atomic mass is 79.9. The molecule has 3 nitrogen and oxygen atoms in total. The molecule has 1 aromatic carbocycles. The molecule has 1 spiro atoms. The van der Waals surface area contributed by atoms with Crippen LogP contribution in [0.4, 0.5) is 5.69 Å². The number of carbonyl (C=O) groups excluding carboxylic acids is 1. The summed E-state index contributed by atoms with van der Waals surface area (Å²) in [6.07, 6.45) is 7.61. The zero-order valence-corrected chi connectivity index (χ0v) is 17.8. The van der Waals surface area contributed by atoms with E-state index in [4.69, 9.17) is 0 Å². The molecular formula is C21H22Br2N2O. The van der Waals surface area contributed by atoms with Crippen LogP contribution in [0.1, 0.15) is 24.8 Å². The van der Waals surface area contributed by atoms with Crippen molar-refractivity contribution in [3.8, 4) is 0 Å². The Morgan fingerprint density at radius 1 is 1.31 bits per heavy atom. The van der Waals surface area contributed by atoms with Crippen molar-refractivity contribution >= 4 is 44.5 Å². The van der Waals surface area contributed by atoms with Crippen molar-refractivity contribution in [2.45, 2.75) is 36.8 Å². The maximum Gasteiger partial charge on any atom is 0.231 e. The average molecular weight is 478 g/mol. The number of benzene rings is 1. The van der Waals surface area contributed by atoms with E-state index in [1.54, 1.807) is 5.57 Å². The van der Waals surface area contributed by atoms with Crippen LogP contribution in [0.5, 0.6) is 0 Å². The van der Waals surface area contributed by atoms with Crippen LogP contribution < -0.4 is 4.90 Å². The summed E-state index contributed by atoms with van der Waals surface area (Å²) >= 11 is 3.60. The molecule has 4 aliphatic heterocycles. The summed E-state index contributed by atoms with van der Waals surface area (Å²) in [7, 11) is 0. The zero-order chi connectivity index (χ0) is 16.8. The Bertz CT molecular complexity index is 863. The Morgan fingerprint density at radius 3 is 3.00 bits per heavy atom. The lowest BCUT2D eigenvalue weighted by atomic mass is 9.57. The third kappa shape index (κ3) is 1.85. The molecule has 1 saturated carbocycles. The van der Waals surface area contributed by atoms with Gasteiger partial charge in [0.15, 0.2) is 0 Å². The summed E-state index contributed by atoms with van der Waals surface area (Å²) in [5.74, 6) is 0.808. The van der Waals surface area contributed by atoms with E-state index in [2.05, 4.69) is 62.1 Å². The van der Waals surface area contributed by atoms with Gasteiger partial charge in [0.25, 0.3) is 0 Å². The van der Waals surface area contributed by atoms with Crippen molar-refractivity contribution in [2.24, 2.45) is 5.92 Å². The predicted molar refractivity (Wildman–Crippen MR) is 112 cm³/mol. The summed E-state index contributed by atoms with van der Waals surface area (Å²) in [5.41, 5.74) is 5.82. The molecular weight excluding hydrogens is 456 g/mol. The molecule has 1 amide bonds. The number of carbonyl (C=O) groups is 1. The Balaban J connectivity index is 0.00000150. The second-order valence-corrected chi connectivity index (χ2v) is 8.74. The highest BCUT2D eigenvalue weighted by Crippen LogP contribution is 2.63. The van der Waals surface area contributed by atoms with Gasteiger partial charge in [-0.05, 0) is 36.6 Å². The number of halogens is 2. The fraction of sp³-hybridized carbons (Fsp3) is 0.476. The van der Waals surface area contributed by atoms with Crippen molar-refractivity contribution in [1.82, 2.24) is 4.90 Å². The van der Waals surface area contributed by atoms with Crippen molar-refractivity contribution in [3.63, 3.8) is 0 Å². The monoisotopic (exact) mass is 476 g/mol. The summed E-state index contributed by atoms with van der Waals surface area (Å²) < 4.78 is 0. The number of hydrogen-bond donors (Lipinski definition) is 0. The number of para-hydroxylation sites is 1. The lowest BCUT2D eigenvalue weighted by Gasteiger charge is -2.54. The maximum absolute atomic E-state index is 12.9. The van der Waals surface area contributed by atoms with Gasteiger partial charge in [0.2, 0.25) is 5.91 Å². The van der Waals surface area contributed by atoms with E-state index in [0.29, 0.717) is 18.4 Å². The Kier molecular flexibility index (Phi) is 3.83. The zero-order valence-electron chi connectivity index (χ0n) is 14.5. The molecule has 1 aliphatic carbocycles. The number of amides is 1. The smallest absolute Gasteiger partial charge is 0.231 e. The lowest BCUT2D eigenvalue weighted by Crippen LogP contribution is -2.62. The molecule has 3 fully saturated rings. The largest absolute Gasteiger partial charge is 0.304 e. The van der Waals surface area contributed by atoms with Gasteiger partial charge in [-0.2, -0.15) is 0 Å². The predicted octanol–water partition coefficient (Wildman–Crippen LogP) is 3.98. The second-order valence-electron chi connectivity index (χ2n) is 8.09. The summed E-state index contributed by atoms with van der Waals surface area (Å²) in [4.78, 5) is 17.8. The van der Waals surface area contributed by atoms with Crippen LogP contribution in [0.3, 0.4) is 0 Å². The number of allylic oxidation sites excluding steroid dienone is 1. The molecule has 5 aliphatic rings. The Labute approximate surface area is 173 Å². The summed E-state index contributed by atoms with van der Waals surface area (Å²) in [5, 5.41) is 0.920. The van der Waals surface area contributed by atoms with Gasteiger partial charge in [0, 0.05) is 41.4 Å². The highest BCUT2D eigenvalue weighted by Gasteiger charge is 2.67. The molecule has 0 radical (unpaired) electrons. The quantitative estimate of drug-likeness (QED) is 0.451. The number of anilines is 1. The van der Waals surface area contributed by atoms with Crippen LogP contribution in [0.25, 0.3) is 0 Å². The molecule has 0 aromatic heterocycles. The second kappa shape index (κ2) is 5.79. The van der Waals surface area contributed by atoms with Gasteiger partial charge >= 0.3 is 0 Å². The van der Waals surface area contributed by atoms with E-state index >= 15 is 0 Å². The average Bonchev–Trinajstić information content (AvgIpc) is 3.17. The molecule has 4 heterocycles. The fourth-order valence-electron chi connectivity index (χ4n) is 6.60. The minimum Gasteiger partial charge on any atom is -0.304 e. The highest BCUT2D eigenvalue weighted by molar-refractivity contribution is 9.09. The molecule has 5 heteroatoms. The van der Waals surface area contributed by atoms with Crippen LogP contribution in [-0.2, 0) is 10.2 Å². The van der Waals surface area contributed by atoms with Crippen molar-refractivity contribution in [2.75, 3.05) is 23.3 Å². The van der Waals surface area contributed by atoms with Gasteiger partial charge in [0.1, 0.15) is 0 Å². The minimum atomic E-state index is 0. The van der Waals surface area contributed by atoms with E-state index in [9.17, 15) is 4.79 Å². The first-order valence-electron chi connectivity index (χ1n) is 9.36. The topological polar surface area (TPSA) is 23.6 Å². The fourth-order valence-corrected chi connectivity index (χ4v) is 7.02. The first-order valence-corrected chi connectivity index (χ1v) is 10.5. The van der Waals surface area contributed by atoms with Crippen molar-refractivity contribution in [1.29, 1.82) is 0 Å². The molecule has 4 unspecified atom stereocenters. The van der Waals surface area contributed by atoms with E-state index in [-0.39, 0.29) is 34.3 Å². The van der Waals surface area contributed by atoms with Crippen LogP contribution in [0, 0.1) is 5.92 Å². The van der Waals surface area contributed by atoms with Gasteiger partial charge in [-0.15, -0.1) is 17.0 Å².